The summed E-state index contributed by atoms with van der Waals surface area (Å²) in [5.41, 5.74) is 1.73. The minimum Gasteiger partial charge on any atom is -0.496 e. The van der Waals surface area contributed by atoms with E-state index < -0.39 is 0 Å². The van der Waals surface area contributed by atoms with E-state index in [0.29, 0.717) is 5.56 Å². The Balaban J connectivity index is 2.15. The second kappa shape index (κ2) is 6.05. The molecule has 0 amide bonds. The Morgan fingerprint density at radius 2 is 2.05 bits per heavy atom. The van der Waals surface area contributed by atoms with Crippen molar-refractivity contribution in [1.82, 2.24) is 4.90 Å². The Hall–Kier alpha value is -1.57. The summed E-state index contributed by atoms with van der Waals surface area (Å²) in [7, 11) is 1.66. The summed E-state index contributed by atoms with van der Waals surface area (Å²) >= 11 is 0. The molecule has 1 saturated heterocycles. The molecule has 4 nitrogen and oxygen atoms in total. The largest absolute Gasteiger partial charge is 0.496 e. The van der Waals surface area contributed by atoms with E-state index in [9.17, 15) is 0 Å². The number of methoxy groups -OCH3 is 1. The standard InChI is InChI=1S/C15H20N2O2/c1-11-8-17(9-12(2)19-11)10-14-6-13(7-16)4-5-15(14)18-3/h4-6,11-12H,8-10H2,1-3H3. The molecule has 1 aromatic rings. The van der Waals surface area contributed by atoms with Crippen LogP contribution in [0.25, 0.3) is 0 Å². The molecule has 0 aliphatic carbocycles. The smallest absolute Gasteiger partial charge is 0.123 e. The summed E-state index contributed by atoms with van der Waals surface area (Å²) < 4.78 is 11.1. The number of hydrogen-bond donors (Lipinski definition) is 0. The van der Waals surface area contributed by atoms with Crippen LogP contribution in [-0.2, 0) is 11.3 Å². The summed E-state index contributed by atoms with van der Waals surface area (Å²) in [5, 5.41) is 8.99. The van der Waals surface area contributed by atoms with Crippen molar-refractivity contribution in [2.75, 3.05) is 20.2 Å². The summed E-state index contributed by atoms with van der Waals surface area (Å²) in [6.07, 6.45) is 0.489. The molecule has 1 aromatic carbocycles. The van der Waals surface area contributed by atoms with Crippen LogP contribution in [0, 0.1) is 11.3 Å². The Kier molecular flexibility index (Phi) is 4.41. The number of morpholine rings is 1. The molecular weight excluding hydrogens is 240 g/mol. The highest BCUT2D eigenvalue weighted by Gasteiger charge is 2.22. The predicted molar refractivity (Wildman–Crippen MR) is 73.0 cm³/mol. The van der Waals surface area contributed by atoms with Gasteiger partial charge < -0.3 is 9.47 Å². The SMILES string of the molecule is COc1ccc(C#N)cc1CN1CC(C)OC(C)C1. The Morgan fingerprint density at radius 3 is 2.63 bits per heavy atom. The van der Waals surface area contributed by atoms with E-state index in [-0.39, 0.29) is 12.2 Å². The fourth-order valence-electron chi connectivity index (χ4n) is 2.63. The zero-order valence-corrected chi connectivity index (χ0v) is 11.7. The van der Waals surface area contributed by atoms with Crippen LogP contribution in [0.15, 0.2) is 18.2 Å². The maximum atomic E-state index is 8.99. The second-order valence-corrected chi connectivity index (χ2v) is 5.09. The zero-order valence-electron chi connectivity index (χ0n) is 11.7. The first-order valence-electron chi connectivity index (χ1n) is 6.57. The molecule has 1 fully saturated rings. The first-order chi connectivity index (χ1) is 9.12. The topological polar surface area (TPSA) is 45.5 Å². The van der Waals surface area contributed by atoms with Gasteiger partial charge in [0.2, 0.25) is 0 Å². The first kappa shape index (κ1) is 13.9. The van der Waals surface area contributed by atoms with Crippen LogP contribution in [0.1, 0.15) is 25.0 Å². The third kappa shape index (κ3) is 3.46. The summed E-state index contributed by atoms with van der Waals surface area (Å²) in [4.78, 5) is 2.35. The van der Waals surface area contributed by atoms with Gasteiger partial charge in [-0.1, -0.05) is 0 Å². The van der Waals surface area contributed by atoms with E-state index in [4.69, 9.17) is 14.7 Å². The van der Waals surface area contributed by atoms with Gasteiger partial charge in [0.05, 0.1) is 31.0 Å². The molecule has 2 rings (SSSR count). The van der Waals surface area contributed by atoms with Crippen LogP contribution in [0.4, 0.5) is 0 Å². The van der Waals surface area contributed by atoms with Crippen molar-refractivity contribution in [3.63, 3.8) is 0 Å². The molecule has 0 saturated carbocycles. The maximum Gasteiger partial charge on any atom is 0.123 e. The third-order valence-corrected chi connectivity index (χ3v) is 3.30. The van der Waals surface area contributed by atoms with Crippen LogP contribution < -0.4 is 4.74 Å². The lowest BCUT2D eigenvalue weighted by atomic mass is 10.1. The molecular formula is C15H20N2O2. The van der Waals surface area contributed by atoms with Gasteiger partial charge in [-0.15, -0.1) is 0 Å². The number of ether oxygens (including phenoxy) is 2. The van der Waals surface area contributed by atoms with Crippen molar-refractivity contribution >= 4 is 0 Å². The molecule has 1 aliphatic heterocycles. The minimum atomic E-state index is 0.244. The normalized spacial score (nSPS) is 23.9. The summed E-state index contributed by atoms with van der Waals surface area (Å²) in [6, 6.07) is 7.73. The van der Waals surface area contributed by atoms with Gasteiger partial charge in [0, 0.05) is 25.2 Å². The van der Waals surface area contributed by atoms with Gasteiger partial charge >= 0.3 is 0 Å². The molecule has 1 heterocycles. The fraction of sp³-hybridized carbons (Fsp3) is 0.533. The molecule has 0 aromatic heterocycles. The highest BCUT2D eigenvalue weighted by Crippen LogP contribution is 2.23. The lowest BCUT2D eigenvalue weighted by molar-refractivity contribution is -0.0706. The van der Waals surface area contributed by atoms with E-state index in [1.54, 1.807) is 13.2 Å². The minimum absolute atomic E-state index is 0.244. The quantitative estimate of drug-likeness (QED) is 0.835. The van der Waals surface area contributed by atoms with Crippen molar-refractivity contribution in [1.29, 1.82) is 5.26 Å². The summed E-state index contributed by atoms with van der Waals surface area (Å²) in [6.45, 7) is 6.78. The Labute approximate surface area is 114 Å². The molecule has 102 valence electrons. The number of benzene rings is 1. The van der Waals surface area contributed by atoms with Gasteiger partial charge in [-0.3, -0.25) is 4.90 Å². The van der Waals surface area contributed by atoms with Gasteiger partial charge in [0.15, 0.2) is 0 Å². The van der Waals surface area contributed by atoms with Crippen LogP contribution in [-0.4, -0.2) is 37.3 Å². The molecule has 2 atom stereocenters. The van der Waals surface area contributed by atoms with E-state index in [0.717, 1.165) is 30.9 Å². The Bertz CT molecular complexity index is 472. The lowest BCUT2D eigenvalue weighted by Crippen LogP contribution is -2.44. The maximum absolute atomic E-state index is 8.99. The van der Waals surface area contributed by atoms with Crippen LogP contribution in [0.2, 0.25) is 0 Å². The van der Waals surface area contributed by atoms with Crippen LogP contribution >= 0.6 is 0 Å². The molecule has 0 radical (unpaired) electrons. The third-order valence-electron chi connectivity index (χ3n) is 3.30. The average Bonchev–Trinajstić information content (AvgIpc) is 2.37. The highest BCUT2D eigenvalue weighted by atomic mass is 16.5. The van der Waals surface area contributed by atoms with Gasteiger partial charge in [-0.2, -0.15) is 5.26 Å². The zero-order chi connectivity index (χ0) is 13.8. The van der Waals surface area contributed by atoms with Gasteiger partial charge in [0.25, 0.3) is 0 Å². The van der Waals surface area contributed by atoms with E-state index in [1.807, 2.05) is 12.1 Å². The van der Waals surface area contributed by atoms with E-state index in [1.165, 1.54) is 0 Å². The molecule has 0 N–H and O–H groups in total. The first-order valence-corrected chi connectivity index (χ1v) is 6.57. The van der Waals surface area contributed by atoms with Crippen LogP contribution in [0.5, 0.6) is 5.75 Å². The fourth-order valence-corrected chi connectivity index (χ4v) is 2.63. The number of nitrogens with zero attached hydrogens (tertiary/aromatic N) is 2. The number of nitriles is 1. The molecule has 0 bridgehead atoms. The van der Waals surface area contributed by atoms with Gasteiger partial charge in [-0.25, -0.2) is 0 Å². The van der Waals surface area contributed by atoms with Crippen molar-refractivity contribution in [2.45, 2.75) is 32.6 Å². The molecule has 0 spiro atoms. The predicted octanol–water partition coefficient (Wildman–Crippen LogP) is 2.18. The molecule has 2 unspecified atom stereocenters. The monoisotopic (exact) mass is 260 g/mol. The number of hydrogen-bond acceptors (Lipinski definition) is 4. The van der Waals surface area contributed by atoms with Crippen molar-refractivity contribution in [3.8, 4) is 11.8 Å². The van der Waals surface area contributed by atoms with Crippen molar-refractivity contribution in [2.24, 2.45) is 0 Å². The molecule has 4 heteroatoms. The van der Waals surface area contributed by atoms with Crippen LogP contribution in [0.3, 0.4) is 0 Å². The van der Waals surface area contributed by atoms with Crippen molar-refractivity contribution < 1.29 is 9.47 Å². The van der Waals surface area contributed by atoms with Gasteiger partial charge in [0.1, 0.15) is 5.75 Å². The highest BCUT2D eigenvalue weighted by molar-refractivity contribution is 5.42. The second-order valence-electron chi connectivity index (χ2n) is 5.09. The van der Waals surface area contributed by atoms with E-state index in [2.05, 4.69) is 24.8 Å². The average molecular weight is 260 g/mol. The summed E-state index contributed by atoms with van der Waals surface area (Å²) in [5.74, 6) is 0.839. The van der Waals surface area contributed by atoms with Gasteiger partial charge in [-0.05, 0) is 32.0 Å². The van der Waals surface area contributed by atoms with Crippen molar-refractivity contribution in [3.05, 3.63) is 29.3 Å². The number of rotatable bonds is 3. The Morgan fingerprint density at radius 1 is 1.37 bits per heavy atom. The molecule has 1 aliphatic rings. The van der Waals surface area contributed by atoms with E-state index >= 15 is 0 Å². The lowest BCUT2D eigenvalue weighted by Gasteiger charge is -2.35. The molecule has 19 heavy (non-hydrogen) atoms.